The summed E-state index contributed by atoms with van der Waals surface area (Å²) in [6.07, 6.45) is 0. The third kappa shape index (κ3) is 2.59. The summed E-state index contributed by atoms with van der Waals surface area (Å²) in [7, 11) is -4.46. The highest BCUT2D eigenvalue weighted by atomic mass is 33.1. The quantitative estimate of drug-likeness (QED) is 0.499. The van der Waals surface area contributed by atoms with E-state index in [9.17, 15) is 17.7 Å². The van der Waals surface area contributed by atoms with Gasteiger partial charge in [0, 0.05) is 5.41 Å². The summed E-state index contributed by atoms with van der Waals surface area (Å²) in [6, 6.07) is 0. The van der Waals surface area contributed by atoms with Crippen LogP contribution in [0.3, 0.4) is 0 Å². The van der Waals surface area contributed by atoms with Gasteiger partial charge in [-0.05, 0) is 11.7 Å². The second-order valence-corrected chi connectivity index (χ2v) is 6.63. The van der Waals surface area contributed by atoms with Crippen molar-refractivity contribution in [2.24, 2.45) is 0 Å². The number of thiol groups is 1. The molecular weight excluding hydrogens is 261 g/mol. The van der Waals surface area contributed by atoms with E-state index in [0.29, 0.717) is 0 Å². The maximum Gasteiger partial charge on any atom is 0.520 e. The van der Waals surface area contributed by atoms with Gasteiger partial charge in [-0.2, -0.15) is 8.42 Å². The highest BCUT2D eigenvalue weighted by Crippen LogP contribution is 2.33. The Kier molecular flexibility index (Phi) is 3.12. The highest BCUT2D eigenvalue weighted by molar-refractivity contribution is 8.63. The predicted molar refractivity (Wildman–Crippen MR) is 57.4 cm³/mol. The maximum atomic E-state index is 13.3. The third-order valence-corrected chi connectivity index (χ3v) is 2.60. The van der Waals surface area contributed by atoms with Crippen LogP contribution >= 0.6 is 11.7 Å². The zero-order valence-corrected chi connectivity index (χ0v) is 10.4. The Hall–Kier alpha value is -0.960. The average molecular weight is 271 g/mol. The Bertz CT molecular complexity index is 538. The van der Waals surface area contributed by atoms with Crippen LogP contribution in [0.25, 0.3) is 0 Å². The first kappa shape index (κ1) is 13.1. The molecule has 0 fully saturated rings. The van der Waals surface area contributed by atoms with Gasteiger partial charge in [0.15, 0.2) is 5.76 Å². The Morgan fingerprint density at radius 3 is 2.19 bits per heavy atom. The Morgan fingerprint density at radius 1 is 1.31 bits per heavy atom. The molecular formula is C7H10FNO5S2. The molecule has 0 aromatic carbocycles. The van der Waals surface area contributed by atoms with Crippen molar-refractivity contribution in [3.63, 3.8) is 0 Å². The van der Waals surface area contributed by atoms with E-state index in [1.54, 1.807) is 20.8 Å². The van der Waals surface area contributed by atoms with E-state index in [2.05, 4.69) is 20.5 Å². The summed E-state index contributed by atoms with van der Waals surface area (Å²) >= 11 is 3.03. The van der Waals surface area contributed by atoms with E-state index in [1.165, 1.54) is 0 Å². The van der Waals surface area contributed by atoms with E-state index in [1.807, 2.05) is 0 Å². The number of anilines is 1. The third-order valence-electron chi connectivity index (χ3n) is 1.60. The molecule has 0 aliphatic rings. The lowest BCUT2D eigenvalue weighted by Gasteiger charge is -2.16. The first-order chi connectivity index (χ1) is 7.03. The molecule has 0 saturated carbocycles. The molecule has 1 aromatic rings. The van der Waals surface area contributed by atoms with Crippen LogP contribution in [0.2, 0.25) is 0 Å². The Balaban J connectivity index is 3.41. The number of halogens is 1. The van der Waals surface area contributed by atoms with Crippen molar-refractivity contribution in [1.82, 2.24) is 0 Å². The average Bonchev–Trinajstić information content (AvgIpc) is 2.43. The fourth-order valence-corrected chi connectivity index (χ4v) is 1.52. The molecule has 0 aliphatic carbocycles. The summed E-state index contributed by atoms with van der Waals surface area (Å²) in [6.45, 7) is 4.80. The fraction of sp³-hybridized carbons (Fsp3) is 0.571. The lowest BCUT2D eigenvalue weighted by Crippen LogP contribution is -2.20. The van der Waals surface area contributed by atoms with Crippen molar-refractivity contribution < 1.29 is 21.7 Å². The molecule has 92 valence electrons. The van der Waals surface area contributed by atoms with Crippen molar-refractivity contribution >= 4 is 26.6 Å². The van der Waals surface area contributed by atoms with Crippen LogP contribution in [0.1, 0.15) is 26.5 Å². The van der Waals surface area contributed by atoms with E-state index < -0.39 is 30.7 Å². The molecule has 0 unspecified atom stereocenters. The van der Waals surface area contributed by atoms with Crippen molar-refractivity contribution in [3.05, 3.63) is 16.4 Å². The number of rotatable bonds is 2. The molecule has 0 amide bonds. The molecule has 0 aliphatic heterocycles. The minimum absolute atomic E-state index is 0.211. The van der Waals surface area contributed by atoms with E-state index in [4.69, 9.17) is 0 Å². The van der Waals surface area contributed by atoms with Gasteiger partial charge in [0.25, 0.3) is 5.88 Å². The van der Waals surface area contributed by atoms with Crippen LogP contribution in [-0.4, -0.2) is 8.42 Å². The monoisotopic (exact) mass is 271 g/mol. The largest absolute Gasteiger partial charge is 0.520 e. The number of nitrogens with zero attached hydrogens (tertiary/aromatic N) is 1. The first-order valence-electron chi connectivity index (χ1n) is 4.11. The van der Waals surface area contributed by atoms with Gasteiger partial charge in [-0.3, -0.25) is 0 Å². The van der Waals surface area contributed by atoms with Crippen molar-refractivity contribution in [1.29, 1.82) is 0 Å². The zero-order valence-electron chi connectivity index (χ0n) is 8.72. The second kappa shape index (κ2) is 3.81. The molecule has 0 radical (unpaired) electrons. The summed E-state index contributed by atoms with van der Waals surface area (Å²) in [5.74, 6) is -2.20. The molecule has 1 aromatic heterocycles. The number of hydrogen-bond donors (Lipinski definition) is 1. The molecule has 16 heavy (non-hydrogen) atoms. The van der Waals surface area contributed by atoms with Gasteiger partial charge >= 0.3 is 14.9 Å². The van der Waals surface area contributed by atoms with Gasteiger partial charge in [0.05, 0.1) is 0 Å². The predicted octanol–water partition coefficient (Wildman–Crippen LogP) is 1.40. The minimum Gasteiger partial charge on any atom is -0.393 e. The summed E-state index contributed by atoms with van der Waals surface area (Å²) in [5.41, 5.74) is -0.787. The van der Waals surface area contributed by atoms with E-state index >= 15 is 0 Å². The summed E-state index contributed by atoms with van der Waals surface area (Å²) < 4.78 is 43.2. The van der Waals surface area contributed by atoms with E-state index in [-0.39, 0.29) is 5.76 Å². The topological polar surface area (TPSA) is 80.7 Å². The zero-order chi connectivity index (χ0) is 12.7. The van der Waals surface area contributed by atoms with Crippen LogP contribution in [0.15, 0.2) is 13.6 Å². The lowest BCUT2D eigenvalue weighted by atomic mass is 9.93. The van der Waals surface area contributed by atoms with Gasteiger partial charge in [0.2, 0.25) is 0 Å². The molecule has 0 N–H and O–H groups in total. The van der Waals surface area contributed by atoms with Crippen molar-refractivity contribution in [2.75, 3.05) is 4.53 Å². The van der Waals surface area contributed by atoms with Crippen molar-refractivity contribution in [3.8, 4) is 0 Å². The second-order valence-electron chi connectivity index (χ2n) is 4.03. The normalized spacial score (nSPS) is 12.8. The van der Waals surface area contributed by atoms with Gasteiger partial charge in [-0.15, -0.1) is 0 Å². The molecule has 1 heterocycles. The van der Waals surface area contributed by atoms with Gasteiger partial charge in [0.1, 0.15) is 0 Å². The molecule has 0 bridgehead atoms. The van der Waals surface area contributed by atoms with Crippen LogP contribution < -0.4 is 10.3 Å². The molecule has 0 saturated heterocycles. The first-order valence-corrected chi connectivity index (χ1v) is 6.60. The molecule has 6 nitrogen and oxygen atoms in total. The van der Waals surface area contributed by atoms with Gasteiger partial charge < -0.3 is 8.83 Å². The molecule has 1 rings (SSSR count). The van der Waals surface area contributed by atoms with E-state index in [0.717, 1.165) is 0 Å². The summed E-state index contributed by atoms with van der Waals surface area (Å²) in [5, 5.41) is 0. The summed E-state index contributed by atoms with van der Waals surface area (Å²) in [4.78, 5) is 10.8. The minimum atomic E-state index is -4.46. The van der Waals surface area contributed by atoms with Crippen LogP contribution in [0.4, 0.5) is 10.4 Å². The van der Waals surface area contributed by atoms with Crippen LogP contribution in [-0.2, 0) is 14.5 Å². The Morgan fingerprint density at radius 2 is 1.81 bits per heavy atom. The molecule has 0 atom stereocenters. The maximum absolute atomic E-state index is 13.3. The standard InChI is InChI=1S/C7H10FNO5S2/c1-7(2,3)4-5(14-6(10)13-4)9(8)16(11,12)15/h1-3H3,(H,11,12,15). The Labute approximate surface area is 95.8 Å². The van der Waals surface area contributed by atoms with Gasteiger partial charge in [-0.1, -0.05) is 29.8 Å². The van der Waals surface area contributed by atoms with Crippen LogP contribution in [0, 0.1) is 0 Å². The SMILES string of the molecule is CC(C)(C)c1oc(=O)oc1N(F)S(=O)(=O)S. The molecule has 9 heteroatoms. The molecule has 0 spiro atoms. The van der Waals surface area contributed by atoms with Crippen molar-refractivity contribution in [2.45, 2.75) is 26.2 Å². The van der Waals surface area contributed by atoms with Gasteiger partial charge in [-0.25, -0.2) is 4.79 Å². The van der Waals surface area contributed by atoms with Crippen LogP contribution in [0.5, 0.6) is 0 Å². The highest BCUT2D eigenvalue weighted by Gasteiger charge is 2.34. The smallest absolute Gasteiger partial charge is 0.393 e. The fourth-order valence-electron chi connectivity index (χ4n) is 0.967. The lowest BCUT2D eigenvalue weighted by molar-refractivity contribution is 0.344. The number of hydrogen-bond acceptors (Lipinski definition) is 5.